The van der Waals surface area contributed by atoms with E-state index < -0.39 is 0 Å². The Bertz CT molecular complexity index is 539. The van der Waals surface area contributed by atoms with Crippen molar-refractivity contribution in [3.63, 3.8) is 0 Å². The lowest BCUT2D eigenvalue weighted by Gasteiger charge is -2.24. The molecule has 0 aliphatic rings. The Labute approximate surface area is 116 Å². The van der Waals surface area contributed by atoms with Crippen molar-refractivity contribution in [3.05, 3.63) is 23.2 Å². The van der Waals surface area contributed by atoms with Gasteiger partial charge in [0.05, 0.1) is 15.8 Å². The number of ether oxygens (including phenoxy) is 1. The molecule has 1 aromatic heterocycles. The molecule has 0 spiro atoms. The molecule has 98 valence electrons. The number of fused-ring (bicyclic) bond motifs is 1. The van der Waals surface area contributed by atoms with E-state index in [1.807, 2.05) is 25.1 Å². The van der Waals surface area contributed by atoms with Gasteiger partial charge in [0.1, 0.15) is 0 Å². The van der Waals surface area contributed by atoms with Gasteiger partial charge in [-0.05, 0) is 39.0 Å². The summed E-state index contributed by atoms with van der Waals surface area (Å²) in [5.74, 6) is 0. The highest BCUT2D eigenvalue weighted by molar-refractivity contribution is 7.22. The molecule has 2 aromatic rings. The molecule has 2 rings (SSSR count). The standard InChI is InChI=1S/C13H17ClN2OS/c1-4-17-13(2,3)8-15-12-16-10-6-5-9(14)7-11(10)18-12/h5-7H,4,8H2,1-3H3,(H,15,16). The third-order valence-corrected chi connectivity index (χ3v) is 3.76. The molecule has 0 unspecified atom stereocenters. The van der Waals surface area contributed by atoms with Crippen LogP contribution in [0.2, 0.25) is 5.02 Å². The predicted molar refractivity (Wildman–Crippen MR) is 78.8 cm³/mol. The van der Waals surface area contributed by atoms with Crippen LogP contribution in [0.1, 0.15) is 20.8 Å². The molecule has 1 N–H and O–H groups in total. The van der Waals surface area contributed by atoms with Crippen molar-refractivity contribution in [3.8, 4) is 0 Å². The molecule has 0 aliphatic carbocycles. The van der Waals surface area contributed by atoms with Gasteiger partial charge in [-0.1, -0.05) is 22.9 Å². The molecule has 0 amide bonds. The molecule has 0 fully saturated rings. The van der Waals surface area contributed by atoms with Gasteiger partial charge in [0.25, 0.3) is 0 Å². The first-order valence-electron chi connectivity index (χ1n) is 5.94. The second kappa shape index (κ2) is 5.43. The fourth-order valence-electron chi connectivity index (χ4n) is 1.70. The van der Waals surface area contributed by atoms with E-state index in [1.165, 1.54) is 0 Å². The van der Waals surface area contributed by atoms with E-state index in [0.717, 1.165) is 26.9 Å². The Morgan fingerprint density at radius 3 is 2.94 bits per heavy atom. The summed E-state index contributed by atoms with van der Waals surface area (Å²) in [6.07, 6.45) is 0. The maximum Gasteiger partial charge on any atom is 0.183 e. The Kier molecular flexibility index (Phi) is 4.10. The van der Waals surface area contributed by atoms with Gasteiger partial charge >= 0.3 is 0 Å². The number of nitrogens with zero attached hydrogens (tertiary/aromatic N) is 1. The summed E-state index contributed by atoms with van der Waals surface area (Å²) in [5, 5.41) is 4.96. The molecule has 0 radical (unpaired) electrons. The van der Waals surface area contributed by atoms with Crippen LogP contribution >= 0.6 is 22.9 Å². The van der Waals surface area contributed by atoms with Gasteiger partial charge in [-0.3, -0.25) is 0 Å². The van der Waals surface area contributed by atoms with Crippen LogP contribution in [0, 0.1) is 0 Å². The Hall–Kier alpha value is -0.840. The summed E-state index contributed by atoms with van der Waals surface area (Å²) in [7, 11) is 0. The van der Waals surface area contributed by atoms with E-state index in [1.54, 1.807) is 11.3 Å². The fraction of sp³-hybridized carbons (Fsp3) is 0.462. The summed E-state index contributed by atoms with van der Waals surface area (Å²) < 4.78 is 6.73. The first kappa shape index (κ1) is 13.6. The second-order valence-corrected chi connectivity index (χ2v) is 6.14. The molecule has 0 saturated heterocycles. The van der Waals surface area contributed by atoms with E-state index >= 15 is 0 Å². The van der Waals surface area contributed by atoms with E-state index in [9.17, 15) is 0 Å². The van der Waals surface area contributed by atoms with Crippen molar-refractivity contribution in [1.82, 2.24) is 4.98 Å². The van der Waals surface area contributed by atoms with Crippen molar-refractivity contribution in [2.75, 3.05) is 18.5 Å². The van der Waals surface area contributed by atoms with Crippen LogP contribution in [0.3, 0.4) is 0 Å². The Balaban J connectivity index is 2.08. The van der Waals surface area contributed by atoms with Gasteiger partial charge in [-0.15, -0.1) is 0 Å². The van der Waals surface area contributed by atoms with Crippen LogP contribution in [-0.4, -0.2) is 23.7 Å². The van der Waals surface area contributed by atoms with Crippen molar-refractivity contribution in [2.45, 2.75) is 26.4 Å². The number of halogens is 1. The number of benzene rings is 1. The summed E-state index contributed by atoms with van der Waals surface area (Å²) in [6.45, 7) is 7.57. The van der Waals surface area contributed by atoms with E-state index in [2.05, 4.69) is 24.1 Å². The molecule has 0 atom stereocenters. The monoisotopic (exact) mass is 284 g/mol. The number of thiazole rings is 1. The largest absolute Gasteiger partial charge is 0.374 e. The first-order valence-corrected chi connectivity index (χ1v) is 7.13. The molecule has 3 nitrogen and oxygen atoms in total. The van der Waals surface area contributed by atoms with Crippen LogP contribution in [0.15, 0.2) is 18.2 Å². The third-order valence-electron chi connectivity index (χ3n) is 2.55. The number of rotatable bonds is 5. The third kappa shape index (κ3) is 3.34. The summed E-state index contributed by atoms with van der Waals surface area (Å²) in [4.78, 5) is 4.51. The van der Waals surface area contributed by atoms with Crippen LogP contribution in [0.25, 0.3) is 10.2 Å². The van der Waals surface area contributed by atoms with Crippen LogP contribution in [0.4, 0.5) is 5.13 Å². The molecule has 0 aliphatic heterocycles. The maximum absolute atomic E-state index is 5.96. The quantitative estimate of drug-likeness (QED) is 0.894. The highest BCUT2D eigenvalue weighted by atomic mass is 35.5. The number of hydrogen-bond donors (Lipinski definition) is 1. The Morgan fingerprint density at radius 1 is 1.44 bits per heavy atom. The van der Waals surface area contributed by atoms with Crippen LogP contribution in [-0.2, 0) is 4.74 Å². The van der Waals surface area contributed by atoms with Crippen molar-refractivity contribution >= 4 is 38.3 Å². The van der Waals surface area contributed by atoms with Gasteiger partial charge in [0.2, 0.25) is 0 Å². The lowest BCUT2D eigenvalue weighted by Crippen LogP contribution is -2.33. The molecule has 1 aromatic carbocycles. The van der Waals surface area contributed by atoms with Gasteiger partial charge in [-0.25, -0.2) is 4.98 Å². The zero-order valence-electron chi connectivity index (χ0n) is 10.8. The van der Waals surface area contributed by atoms with Crippen molar-refractivity contribution < 1.29 is 4.74 Å². The lowest BCUT2D eigenvalue weighted by atomic mass is 10.1. The molecule has 0 saturated carbocycles. The van der Waals surface area contributed by atoms with Gasteiger partial charge in [0, 0.05) is 18.2 Å². The first-order chi connectivity index (χ1) is 8.50. The molecule has 18 heavy (non-hydrogen) atoms. The average Bonchev–Trinajstić information content (AvgIpc) is 2.68. The smallest absolute Gasteiger partial charge is 0.183 e. The predicted octanol–water partition coefficient (Wildman–Crippen LogP) is 4.18. The van der Waals surface area contributed by atoms with Gasteiger partial charge in [0.15, 0.2) is 5.13 Å². The lowest BCUT2D eigenvalue weighted by molar-refractivity contribution is 0.000698. The minimum absolute atomic E-state index is 0.190. The summed E-state index contributed by atoms with van der Waals surface area (Å²) in [5.41, 5.74) is 0.783. The number of anilines is 1. The Morgan fingerprint density at radius 2 is 2.22 bits per heavy atom. The molecule has 1 heterocycles. The van der Waals surface area contributed by atoms with E-state index in [4.69, 9.17) is 16.3 Å². The number of nitrogens with one attached hydrogen (secondary N) is 1. The molecule has 5 heteroatoms. The van der Waals surface area contributed by atoms with Crippen molar-refractivity contribution in [2.24, 2.45) is 0 Å². The fourth-order valence-corrected chi connectivity index (χ4v) is 2.84. The summed E-state index contributed by atoms with van der Waals surface area (Å²) >= 11 is 7.57. The second-order valence-electron chi connectivity index (χ2n) is 4.68. The average molecular weight is 285 g/mol. The van der Waals surface area contributed by atoms with Crippen LogP contribution in [0.5, 0.6) is 0 Å². The zero-order valence-corrected chi connectivity index (χ0v) is 12.4. The minimum atomic E-state index is -0.190. The zero-order chi connectivity index (χ0) is 13.2. The molecule has 0 bridgehead atoms. The van der Waals surface area contributed by atoms with Crippen molar-refractivity contribution in [1.29, 1.82) is 0 Å². The van der Waals surface area contributed by atoms with Gasteiger partial charge < -0.3 is 10.1 Å². The topological polar surface area (TPSA) is 34.1 Å². The molecular weight excluding hydrogens is 268 g/mol. The highest BCUT2D eigenvalue weighted by Gasteiger charge is 2.17. The molecular formula is C13H17ClN2OS. The van der Waals surface area contributed by atoms with Gasteiger partial charge in [-0.2, -0.15) is 0 Å². The number of hydrogen-bond acceptors (Lipinski definition) is 4. The van der Waals surface area contributed by atoms with E-state index in [-0.39, 0.29) is 5.60 Å². The van der Waals surface area contributed by atoms with E-state index in [0.29, 0.717) is 6.61 Å². The normalized spacial score (nSPS) is 12.0. The maximum atomic E-state index is 5.96. The SMILES string of the molecule is CCOC(C)(C)CNc1nc2ccc(Cl)cc2s1. The minimum Gasteiger partial charge on any atom is -0.374 e. The highest BCUT2D eigenvalue weighted by Crippen LogP contribution is 2.28. The summed E-state index contributed by atoms with van der Waals surface area (Å²) in [6, 6.07) is 5.73. The number of aromatic nitrogens is 1. The van der Waals surface area contributed by atoms with Crippen LogP contribution < -0.4 is 5.32 Å².